The monoisotopic (exact) mass is 660 g/mol. The smallest absolute Gasteiger partial charge is 0.408 e. The van der Waals surface area contributed by atoms with Crippen LogP contribution in [0, 0.1) is 17.3 Å². The predicted octanol–water partition coefficient (Wildman–Crippen LogP) is 5.10. The second kappa shape index (κ2) is 13.5. The number of carbonyl (C=O) groups excluding carboxylic acids is 3. The highest BCUT2D eigenvalue weighted by molar-refractivity contribution is 5.92. The summed E-state index contributed by atoms with van der Waals surface area (Å²) in [5.41, 5.74) is -2.66. The SMILES string of the molecule is COc1ccc2nc(C(F)(F)CCCC[C@@H]3CCCC3(C)OC(=O)NC(C(=O)N3CC[C@@H](C)[C@H]3C(C)=O)C3(C)COC3)c(=O)[nH]c2c1. The average Bonchev–Trinajstić information content (AvgIpc) is 3.57. The Morgan fingerprint density at radius 3 is 2.62 bits per heavy atom. The normalized spacial score (nSPS) is 26.1. The number of rotatable bonds is 12. The number of alkyl halides is 2. The van der Waals surface area contributed by atoms with Gasteiger partial charge >= 0.3 is 6.09 Å². The summed E-state index contributed by atoms with van der Waals surface area (Å²) < 4.78 is 46.9. The van der Waals surface area contributed by atoms with Crippen molar-refractivity contribution in [2.45, 2.75) is 103 Å². The molecule has 5 rings (SSSR count). The second-order valence-electron chi connectivity index (χ2n) is 14.1. The summed E-state index contributed by atoms with van der Waals surface area (Å²) in [5.74, 6) is -3.37. The molecule has 11 nitrogen and oxygen atoms in total. The number of benzene rings is 1. The fourth-order valence-electron chi connectivity index (χ4n) is 7.55. The van der Waals surface area contributed by atoms with Gasteiger partial charge in [0.2, 0.25) is 5.91 Å². The average molecular weight is 661 g/mol. The minimum absolute atomic E-state index is 0.0294. The second-order valence-corrected chi connectivity index (χ2v) is 14.1. The first-order chi connectivity index (χ1) is 22.2. The van der Waals surface area contributed by atoms with Crippen LogP contribution in [0.25, 0.3) is 11.0 Å². The molecule has 47 heavy (non-hydrogen) atoms. The molecule has 1 aromatic carbocycles. The molecule has 1 aromatic heterocycles. The Morgan fingerprint density at radius 2 is 1.96 bits per heavy atom. The zero-order chi connectivity index (χ0) is 34.1. The lowest BCUT2D eigenvalue weighted by Gasteiger charge is -2.45. The van der Waals surface area contributed by atoms with Crippen molar-refractivity contribution < 1.29 is 37.4 Å². The van der Waals surface area contributed by atoms with Gasteiger partial charge in [0.15, 0.2) is 11.5 Å². The van der Waals surface area contributed by atoms with Crippen LogP contribution >= 0.6 is 0 Å². The topological polar surface area (TPSA) is 140 Å². The Morgan fingerprint density at radius 1 is 1.21 bits per heavy atom. The number of fused-ring (bicyclic) bond motifs is 1. The Bertz CT molecular complexity index is 1560. The van der Waals surface area contributed by atoms with Crippen molar-refractivity contribution in [1.82, 2.24) is 20.2 Å². The molecule has 1 saturated carbocycles. The van der Waals surface area contributed by atoms with Gasteiger partial charge in [0, 0.05) is 24.4 Å². The maximum atomic E-state index is 15.2. The Balaban J connectivity index is 1.18. The van der Waals surface area contributed by atoms with E-state index in [9.17, 15) is 19.2 Å². The van der Waals surface area contributed by atoms with Gasteiger partial charge in [-0.25, -0.2) is 9.78 Å². The summed E-state index contributed by atoms with van der Waals surface area (Å²) in [6.07, 6.45) is 2.78. The van der Waals surface area contributed by atoms with Crippen LogP contribution in [-0.4, -0.2) is 77.2 Å². The third kappa shape index (κ3) is 7.14. The van der Waals surface area contributed by atoms with Crippen LogP contribution in [0.3, 0.4) is 0 Å². The van der Waals surface area contributed by atoms with Crippen LogP contribution in [-0.2, 0) is 25.0 Å². The molecule has 0 radical (unpaired) electrons. The highest BCUT2D eigenvalue weighted by Gasteiger charge is 2.51. The number of ether oxygens (including phenoxy) is 3. The molecule has 2 unspecified atom stereocenters. The number of methoxy groups -OCH3 is 1. The van der Waals surface area contributed by atoms with E-state index in [0.717, 1.165) is 12.8 Å². The number of unbranched alkanes of at least 4 members (excludes halogenated alkanes) is 1. The summed E-state index contributed by atoms with van der Waals surface area (Å²) in [6, 6.07) is 3.19. The number of hydrogen-bond donors (Lipinski definition) is 2. The minimum Gasteiger partial charge on any atom is -0.497 e. The van der Waals surface area contributed by atoms with Gasteiger partial charge in [0.05, 0.1) is 37.4 Å². The van der Waals surface area contributed by atoms with Gasteiger partial charge in [0.25, 0.3) is 11.5 Å². The number of carbonyl (C=O) groups is 3. The van der Waals surface area contributed by atoms with Crippen LogP contribution in [0.4, 0.5) is 13.6 Å². The zero-order valence-electron chi connectivity index (χ0n) is 27.8. The molecule has 2 aromatic rings. The largest absolute Gasteiger partial charge is 0.497 e. The number of aromatic amines is 1. The van der Waals surface area contributed by atoms with Gasteiger partial charge in [-0.15, -0.1) is 0 Å². The molecule has 2 aliphatic heterocycles. The van der Waals surface area contributed by atoms with E-state index >= 15 is 8.78 Å². The summed E-state index contributed by atoms with van der Waals surface area (Å²) in [5, 5.41) is 2.82. The lowest BCUT2D eigenvalue weighted by atomic mass is 9.79. The zero-order valence-corrected chi connectivity index (χ0v) is 27.8. The maximum absolute atomic E-state index is 15.2. The minimum atomic E-state index is -3.42. The number of likely N-dealkylation sites (tertiary alicyclic amines) is 1. The highest BCUT2D eigenvalue weighted by atomic mass is 19.3. The van der Waals surface area contributed by atoms with E-state index < -0.39 is 52.8 Å². The number of aromatic nitrogens is 2. The van der Waals surface area contributed by atoms with E-state index in [0.29, 0.717) is 43.5 Å². The summed E-state index contributed by atoms with van der Waals surface area (Å²) >= 11 is 0. The highest BCUT2D eigenvalue weighted by Crippen LogP contribution is 2.43. The number of halogens is 2. The number of nitrogens with one attached hydrogen (secondary N) is 2. The van der Waals surface area contributed by atoms with Gasteiger partial charge in [-0.2, -0.15) is 8.78 Å². The van der Waals surface area contributed by atoms with Crippen LogP contribution in [0.5, 0.6) is 5.75 Å². The number of nitrogens with zero attached hydrogens (tertiary/aromatic N) is 2. The maximum Gasteiger partial charge on any atom is 0.408 e. The quantitative estimate of drug-likeness (QED) is 0.300. The molecule has 2 saturated heterocycles. The van der Waals surface area contributed by atoms with Crippen LogP contribution < -0.4 is 15.6 Å². The van der Waals surface area contributed by atoms with Crippen molar-refractivity contribution in [3.05, 3.63) is 34.2 Å². The van der Waals surface area contributed by atoms with Crippen molar-refractivity contribution in [2.24, 2.45) is 17.3 Å². The molecule has 0 spiro atoms. The van der Waals surface area contributed by atoms with Gasteiger partial charge < -0.3 is 29.4 Å². The molecule has 3 aliphatic rings. The molecular formula is C34H46F2N4O7. The number of Topliss-reactive ketones (excluding diaryl/α,β-unsaturated/α-hetero) is 1. The van der Waals surface area contributed by atoms with E-state index in [1.807, 2.05) is 20.8 Å². The van der Waals surface area contributed by atoms with E-state index in [1.165, 1.54) is 26.2 Å². The third-order valence-electron chi connectivity index (χ3n) is 10.4. The lowest BCUT2D eigenvalue weighted by Crippen LogP contribution is -2.64. The first-order valence-electron chi connectivity index (χ1n) is 16.5. The molecule has 1 aliphatic carbocycles. The van der Waals surface area contributed by atoms with Gasteiger partial charge in [-0.1, -0.05) is 20.3 Å². The van der Waals surface area contributed by atoms with E-state index in [-0.39, 0.29) is 48.7 Å². The third-order valence-corrected chi connectivity index (χ3v) is 10.4. The van der Waals surface area contributed by atoms with Crippen LogP contribution in [0.1, 0.15) is 84.8 Å². The fourth-order valence-corrected chi connectivity index (χ4v) is 7.55. The number of ketones is 1. The van der Waals surface area contributed by atoms with Crippen LogP contribution in [0.2, 0.25) is 0 Å². The summed E-state index contributed by atoms with van der Waals surface area (Å²) in [6.45, 7) is 8.17. The first kappa shape index (κ1) is 34.7. The van der Waals surface area contributed by atoms with Gasteiger partial charge in [-0.3, -0.25) is 14.4 Å². The molecule has 5 atom stereocenters. The molecule has 3 heterocycles. The van der Waals surface area contributed by atoms with Crippen molar-refractivity contribution in [3.8, 4) is 5.75 Å². The molecule has 3 fully saturated rings. The molecule has 2 N–H and O–H groups in total. The Hall–Kier alpha value is -3.61. The molecule has 13 heteroatoms. The molecular weight excluding hydrogens is 614 g/mol. The summed E-state index contributed by atoms with van der Waals surface area (Å²) in [4.78, 5) is 60.1. The Labute approximate surface area is 273 Å². The van der Waals surface area contributed by atoms with E-state index in [4.69, 9.17) is 14.2 Å². The number of H-pyrrole nitrogens is 1. The fraction of sp³-hybridized carbons (Fsp3) is 0.676. The molecule has 258 valence electrons. The van der Waals surface area contributed by atoms with Gasteiger partial charge in [0.1, 0.15) is 17.4 Å². The van der Waals surface area contributed by atoms with Crippen molar-refractivity contribution in [3.63, 3.8) is 0 Å². The van der Waals surface area contributed by atoms with Crippen molar-refractivity contribution in [1.29, 1.82) is 0 Å². The predicted molar refractivity (Wildman–Crippen MR) is 169 cm³/mol. The first-order valence-corrected chi connectivity index (χ1v) is 16.5. The number of hydrogen-bond acceptors (Lipinski definition) is 8. The van der Waals surface area contributed by atoms with E-state index in [1.54, 1.807) is 11.0 Å². The molecule has 2 amide bonds. The Kier molecular flexibility index (Phi) is 9.96. The van der Waals surface area contributed by atoms with E-state index in [2.05, 4.69) is 15.3 Å². The summed E-state index contributed by atoms with van der Waals surface area (Å²) in [7, 11) is 1.47. The standard InChI is InChI=1S/C34H46F2N4O7/c1-20-13-16-40(26(20)21(2)41)30(43)28(32(3)18-46-19-32)39-31(44)47-33(4)14-8-10-22(33)9-6-7-15-34(35,36)27-29(42)38-25-17-23(45-5)11-12-24(25)37-27/h11-12,17,20,22,26,28H,6-10,13-16,18-19H2,1-5H3,(H,38,42)(H,39,44)/t20-,22-,26+,28?,33?/m1/s1. The van der Waals surface area contributed by atoms with Crippen molar-refractivity contribution >= 4 is 28.8 Å². The lowest BCUT2D eigenvalue weighted by molar-refractivity contribution is -0.158. The molecule has 0 bridgehead atoms. The van der Waals surface area contributed by atoms with Crippen LogP contribution in [0.15, 0.2) is 23.0 Å². The van der Waals surface area contributed by atoms with Gasteiger partial charge in [-0.05, 0) is 76.3 Å². The van der Waals surface area contributed by atoms with Crippen molar-refractivity contribution in [2.75, 3.05) is 26.9 Å². The number of alkyl carbamates (subject to hydrolysis) is 1. The number of amides is 2.